The molecule has 0 radical (unpaired) electrons. The van der Waals surface area contributed by atoms with Crippen LogP contribution in [0.4, 0.5) is 0 Å². The Hall–Kier alpha value is -0.530. The number of nitrogens with zero attached hydrogens (tertiary/aromatic N) is 2. The van der Waals surface area contributed by atoms with Gasteiger partial charge in [-0.05, 0) is 12.8 Å². The van der Waals surface area contributed by atoms with Crippen LogP contribution < -0.4 is 0 Å². The first kappa shape index (κ1) is 9.56. The summed E-state index contributed by atoms with van der Waals surface area (Å²) in [5, 5.41) is 0. The summed E-state index contributed by atoms with van der Waals surface area (Å²) >= 11 is 0. The number of rotatable bonds is 2. The van der Waals surface area contributed by atoms with E-state index < -0.39 is 0 Å². The second kappa shape index (κ2) is 3.92. The van der Waals surface area contributed by atoms with Gasteiger partial charge in [0.1, 0.15) is 6.04 Å². The highest BCUT2D eigenvalue weighted by Gasteiger charge is 2.30. The zero-order chi connectivity index (χ0) is 9.14. The zero-order valence-electron chi connectivity index (χ0n) is 8.75. The van der Waals surface area contributed by atoms with Gasteiger partial charge in [0.25, 0.3) is 0 Å². The zero-order valence-corrected chi connectivity index (χ0v) is 8.75. The van der Waals surface area contributed by atoms with Gasteiger partial charge in [-0.15, -0.1) is 0 Å². The number of hydrogen-bond acceptors (Lipinski definition) is 1. The summed E-state index contributed by atoms with van der Waals surface area (Å²) in [5.41, 5.74) is 0. The van der Waals surface area contributed by atoms with Gasteiger partial charge in [0, 0.05) is 5.92 Å². The topological polar surface area (TPSA) is 6.25 Å². The van der Waals surface area contributed by atoms with E-state index in [9.17, 15) is 0 Å². The molecule has 70 valence electrons. The highest BCUT2D eigenvalue weighted by atomic mass is 15.2. The van der Waals surface area contributed by atoms with Gasteiger partial charge >= 0.3 is 0 Å². The fraction of sp³-hybridized carbons (Fsp3) is 0.900. The molecule has 2 nitrogen and oxygen atoms in total. The largest absolute Gasteiger partial charge is 0.271 e. The van der Waals surface area contributed by atoms with Crippen molar-refractivity contribution in [3.8, 4) is 0 Å². The molecule has 0 amide bonds. The molecule has 0 saturated heterocycles. The van der Waals surface area contributed by atoms with Gasteiger partial charge < -0.3 is 0 Å². The second-order valence-electron chi connectivity index (χ2n) is 3.86. The van der Waals surface area contributed by atoms with Gasteiger partial charge in [-0.1, -0.05) is 13.8 Å². The normalized spacial score (nSPS) is 30.3. The van der Waals surface area contributed by atoms with Crippen molar-refractivity contribution >= 4 is 6.34 Å². The fourth-order valence-corrected chi connectivity index (χ4v) is 2.29. The van der Waals surface area contributed by atoms with Gasteiger partial charge in [0.15, 0.2) is 0 Å². The smallest absolute Gasteiger partial charge is 0.233 e. The van der Waals surface area contributed by atoms with Crippen molar-refractivity contribution in [2.24, 2.45) is 5.92 Å². The lowest BCUT2D eigenvalue weighted by molar-refractivity contribution is -0.514. The first-order chi connectivity index (χ1) is 5.69. The average Bonchev–Trinajstić information content (AvgIpc) is 2.03. The van der Waals surface area contributed by atoms with Gasteiger partial charge in [-0.25, -0.2) is 0 Å². The van der Waals surface area contributed by atoms with Crippen LogP contribution in [0.15, 0.2) is 0 Å². The predicted octanol–water partition coefficient (Wildman–Crippen LogP) is 1.41. The standard InChI is InChI=1S/C10H21N2/c1-5-9-7-11(3)8-12(4)10(9)6-2/h8-10H,5-7H2,1-4H3/q+1. The van der Waals surface area contributed by atoms with Crippen molar-refractivity contribution in [2.75, 3.05) is 20.6 Å². The van der Waals surface area contributed by atoms with Crippen molar-refractivity contribution in [1.29, 1.82) is 0 Å². The maximum atomic E-state index is 2.36. The Morgan fingerprint density at radius 1 is 1.42 bits per heavy atom. The summed E-state index contributed by atoms with van der Waals surface area (Å²) < 4.78 is 2.29. The summed E-state index contributed by atoms with van der Waals surface area (Å²) in [7, 11) is 4.34. The molecule has 0 aromatic carbocycles. The van der Waals surface area contributed by atoms with Crippen LogP contribution in [0.2, 0.25) is 0 Å². The lowest BCUT2D eigenvalue weighted by Crippen LogP contribution is -2.46. The molecule has 0 saturated carbocycles. The molecule has 0 bridgehead atoms. The van der Waals surface area contributed by atoms with E-state index in [1.165, 1.54) is 19.4 Å². The monoisotopic (exact) mass is 169 g/mol. The summed E-state index contributed by atoms with van der Waals surface area (Å²) in [6.07, 6.45) is 4.78. The molecule has 2 heteroatoms. The second-order valence-corrected chi connectivity index (χ2v) is 3.86. The maximum absolute atomic E-state index is 2.36. The van der Waals surface area contributed by atoms with Crippen LogP contribution in [-0.2, 0) is 0 Å². The Kier molecular flexibility index (Phi) is 3.12. The molecule has 2 unspecified atom stereocenters. The first-order valence-corrected chi connectivity index (χ1v) is 4.96. The minimum absolute atomic E-state index is 0.756. The highest BCUT2D eigenvalue weighted by Crippen LogP contribution is 2.19. The first-order valence-electron chi connectivity index (χ1n) is 4.96. The lowest BCUT2D eigenvalue weighted by atomic mass is 9.92. The fourth-order valence-electron chi connectivity index (χ4n) is 2.29. The quantitative estimate of drug-likeness (QED) is 0.566. The third kappa shape index (κ3) is 1.79. The van der Waals surface area contributed by atoms with Crippen LogP contribution in [0.25, 0.3) is 0 Å². The van der Waals surface area contributed by atoms with E-state index in [2.05, 4.69) is 43.8 Å². The molecule has 1 heterocycles. The maximum Gasteiger partial charge on any atom is 0.233 e. The van der Waals surface area contributed by atoms with Crippen molar-refractivity contribution in [3.05, 3.63) is 0 Å². The van der Waals surface area contributed by atoms with Crippen molar-refractivity contribution in [1.82, 2.24) is 4.90 Å². The van der Waals surface area contributed by atoms with E-state index in [4.69, 9.17) is 0 Å². The van der Waals surface area contributed by atoms with Crippen LogP contribution in [0.1, 0.15) is 26.7 Å². The van der Waals surface area contributed by atoms with E-state index in [0.717, 1.165) is 12.0 Å². The van der Waals surface area contributed by atoms with Crippen molar-refractivity contribution in [3.63, 3.8) is 0 Å². The van der Waals surface area contributed by atoms with Gasteiger partial charge in [0.2, 0.25) is 6.34 Å². The van der Waals surface area contributed by atoms with Crippen LogP contribution >= 0.6 is 0 Å². The third-order valence-corrected chi connectivity index (χ3v) is 2.91. The van der Waals surface area contributed by atoms with Crippen LogP contribution in [0.5, 0.6) is 0 Å². The molecule has 0 spiro atoms. The Morgan fingerprint density at radius 2 is 2.08 bits per heavy atom. The van der Waals surface area contributed by atoms with Gasteiger partial charge in [-0.2, -0.15) is 0 Å². The van der Waals surface area contributed by atoms with Crippen molar-refractivity contribution < 1.29 is 4.58 Å². The summed E-state index contributed by atoms with van der Waals surface area (Å²) in [4.78, 5) is 2.36. The minimum atomic E-state index is 0.756. The lowest BCUT2D eigenvalue weighted by Gasteiger charge is -2.31. The molecule has 1 rings (SSSR count). The SMILES string of the molecule is CCC1C[N+](C)=CN(C)C1CC. The minimum Gasteiger partial charge on any atom is -0.271 e. The Bertz CT molecular complexity index is 175. The molecule has 0 fully saturated rings. The van der Waals surface area contributed by atoms with Gasteiger partial charge in [0.05, 0.1) is 20.6 Å². The molecule has 0 N–H and O–H groups in total. The summed E-state index contributed by atoms with van der Waals surface area (Å²) in [6, 6.07) is 0.756. The highest BCUT2D eigenvalue weighted by molar-refractivity contribution is 5.49. The molecular weight excluding hydrogens is 148 g/mol. The van der Waals surface area contributed by atoms with Crippen LogP contribution in [0, 0.1) is 5.92 Å². The van der Waals surface area contributed by atoms with Crippen molar-refractivity contribution in [2.45, 2.75) is 32.7 Å². The molecule has 1 aliphatic heterocycles. The van der Waals surface area contributed by atoms with Gasteiger partial charge in [-0.3, -0.25) is 9.48 Å². The Balaban J connectivity index is 2.71. The molecule has 1 aliphatic rings. The predicted molar refractivity (Wildman–Crippen MR) is 52.7 cm³/mol. The van der Waals surface area contributed by atoms with E-state index in [1.54, 1.807) is 0 Å². The van der Waals surface area contributed by atoms with E-state index in [0.29, 0.717) is 0 Å². The molecule has 2 atom stereocenters. The van der Waals surface area contributed by atoms with E-state index in [1.807, 2.05) is 0 Å². The molecular formula is C10H21N2+. The van der Waals surface area contributed by atoms with Crippen LogP contribution in [-0.4, -0.2) is 42.5 Å². The Labute approximate surface area is 75.9 Å². The van der Waals surface area contributed by atoms with E-state index >= 15 is 0 Å². The number of hydrogen-bond donors (Lipinski definition) is 0. The van der Waals surface area contributed by atoms with Crippen LogP contribution in [0.3, 0.4) is 0 Å². The molecule has 12 heavy (non-hydrogen) atoms. The Morgan fingerprint density at radius 3 is 2.58 bits per heavy atom. The molecule has 0 aliphatic carbocycles. The molecule has 0 aromatic rings. The average molecular weight is 169 g/mol. The summed E-state index contributed by atoms with van der Waals surface area (Å²) in [5.74, 6) is 0.843. The third-order valence-electron chi connectivity index (χ3n) is 2.91. The van der Waals surface area contributed by atoms with E-state index in [-0.39, 0.29) is 0 Å². The molecule has 0 aromatic heterocycles. The summed E-state index contributed by atoms with van der Waals surface area (Å²) in [6.45, 7) is 5.79.